The van der Waals surface area contributed by atoms with Gasteiger partial charge in [-0.1, -0.05) is 11.6 Å². The topological polar surface area (TPSA) is 101 Å². The zero-order valence-corrected chi connectivity index (χ0v) is 15.5. The van der Waals surface area contributed by atoms with Crippen molar-refractivity contribution < 1.29 is 32.1 Å². The van der Waals surface area contributed by atoms with E-state index in [1.54, 1.807) is 6.92 Å². The van der Waals surface area contributed by atoms with Crippen molar-refractivity contribution in [2.45, 2.75) is 13.1 Å². The second kappa shape index (κ2) is 9.73. The normalized spacial score (nSPS) is 10.7. The second-order valence-corrected chi connectivity index (χ2v) is 5.56. The molecule has 0 radical (unpaired) electrons. The average molecular weight is 432 g/mol. The van der Waals surface area contributed by atoms with Gasteiger partial charge < -0.3 is 14.0 Å². The molecule has 3 rings (SSSR count). The summed E-state index contributed by atoms with van der Waals surface area (Å²) >= 11 is 5.80. The van der Waals surface area contributed by atoms with E-state index in [0.717, 1.165) is 18.2 Å². The van der Waals surface area contributed by atoms with Gasteiger partial charge in [-0.05, 0) is 31.2 Å². The number of nitro groups is 1. The predicted octanol–water partition coefficient (Wildman–Crippen LogP) is 5.53. The molecule has 2 aromatic carbocycles. The van der Waals surface area contributed by atoms with Gasteiger partial charge in [0.1, 0.15) is 17.8 Å². The lowest BCUT2D eigenvalue weighted by Crippen LogP contribution is -2.04. The van der Waals surface area contributed by atoms with Gasteiger partial charge in [0, 0.05) is 17.4 Å². The van der Waals surface area contributed by atoms with Crippen LogP contribution in [0.1, 0.15) is 12.5 Å². The van der Waals surface area contributed by atoms with Crippen LogP contribution in [0.2, 0.25) is 5.02 Å². The van der Waals surface area contributed by atoms with E-state index in [9.17, 15) is 23.3 Å². The average Bonchev–Trinajstić information content (AvgIpc) is 3.23. The molecule has 0 aliphatic carbocycles. The molecule has 0 unspecified atom stereocenters. The Hall–Kier alpha value is -3.34. The van der Waals surface area contributed by atoms with Gasteiger partial charge >= 0.3 is 11.9 Å². The van der Waals surface area contributed by atoms with Crippen LogP contribution in [0.3, 0.4) is 0 Å². The maximum absolute atomic E-state index is 12.6. The fraction of sp³-hybridized carbons (Fsp3) is 0.176. The van der Waals surface area contributed by atoms with E-state index in [1.165, 1.54) is 30.7 Å². The van der Waals surface area contributed by atoms with Crippen LogP contribution in [0.5, 0.6) is 17.2 Å². The summed E-state index contributed by atoms with van der Waals surface area (Å²) in [6.45, 7) is 1.86. The molecule has 0 aliphatic rings. The number of ether oxygens (including phenoxy) is 2. The largest absolute Gasteiger partial charge is 0.487 e. The quantitative estimate of drug-likeness (QED) is 0.386. The van der Waals surface area contributed by atoms with Crippen LogP contribution < -0.4 is 9.47 Å². The molecule has 0 aliphatic heterocycles. The Morgan fingerprint density at radius 3 is 2.45 bits per heavy atom. The number of aromatic nitrogens is 2. The first-order valence-corrected chi connectivity index (χ1v) is 8.27. The fourth-order valence-corrected chi connectivity index (χ4v) is 2.22. The highest BCUT2D eigenvalue weighted by atomic mass is 35.5. The molecular formula is C17H13ClF3N3O5. The van der Waals surface area contributed by atoms with Gasteiger partial charge in [-0.15, -0.1) is 5.10 Å². The lowest BCUT2D eigenvalue weighted by atomic mass is 10.2. The molecular weight excluding hydrogens is 419 g/mol. The molecule has 1 aromatic heterocycles. The van der Waals surface area contributed by atoms with E-state index in [1.807, 2.05) is 0 Å². The lowest BCUT2D eigenvalue weighted by molar-refractivity contribution is -0.385. The molecule has 1 heterocycles. The van der Waals surface area contributed by atoms with Crippen LogP contribution in [0.25, 0.3) is 0 Å². The molecule has 0 amide bonds. The first-order valence-electron chi connectivity index (χ1n) is 7.89. The third-order valence-electron chi connectivity index (χ3n) is 3.20. The molecule has 3 aromatic rings. The maximum atomic E-state index is 12.6. The number of nitrogens with zero attached hydrogens (tertiary/aromatic N) is 3. The third kappa shape index (κ3) is 6.35. The number of alkyl halides is 3. The van der Waals surface area contributed by atoms with Gasteiger partial charge in [0.25, 0.3) is 0 Å². The first kappa shape index (κ1) is 22.0. The number of nitro benzene ring substituents is 1. The van der Waals surface area contributed by atoms with Crippen LogP contribution in [0.15, 0.2) is 53.4 Å². The highest BCUT2D eigenvalue weighted by molar-refractivity contribution is 6.32. The molecule has 0 saturated heterocycles. The SMILES string of the molecule is CCOc1cc(Oc2ccc(C(F)(F)F)cc2Cl)ccc1[N+](=O)[O-].c1conn1. The molecule has 0 saturated carbocycles. The van der Waals surface area contributed by atoms with Crippen molar-refractivity contribution in [2.75, 3.05) is 6.61 Å². The summed E-state index contributed by atoms with van der Waals surface area (Å²) < 4.78 is 52.6. The summed E-state index contributed by atoms with van der Waals surface area (Å²) in [5.74, 6) is 0.120. The van der Waals surface area contributed by atoms with Gasteiger partial charge in [0.2, 0.25) is 5.75 Å². The van der Waals surface area contributed by atoms with Gasteiger partial charge in [-0.3, -0.25) is 10.1 Å². The van der Waals surface area contributed by atoms with Crippen molar-refractivity contribution in [3.63, 3.8) is 0 Å². The van der Waals surface area contributed by atoms with Crippen molar-refractivity contribution in [1.29, 1.82) is 0 Å². The Morgan fingerprint density at radius 1 is 1.21 bits per heavy atom. The standard InChI is InChI=1S/C15H11ClF3NO4.C2H2N2O/c1-2-23-14-8-10(4-5-12(14)20(21)22)24-13-6-3-9(7-11(13)16)15(17,18)19;1-2-5-4-3-1/h3-8H,2H2,1H3;1-2H. The van der Waals surface area contributed by atoms with Crippen molar-refractivity contribution >= 4 is 17.3 Å². The number of rotatable bonds is 5. The minimum absolute atomic E-state index is 0.0111. The Labute approximate surface area is 166 Å². The zero-order valence-electron chi connectivity index (χ0n) is 14.7. The van der Waals surface area contributed by atoms with E-state index in [2.05, 4.69) is 14.9 Å². The molecule has 0 N–H and O–H groups in total. The van der Waals surface area contributed by atoms with Crippen LogP contribution in [0.4, 0.5) is 18.9 Å². The number of hydrogen-bond acceptors (Lipinski definition) is 7. The molecule has 12 heteroatoms. The summed E-state index contributed by atoms with van der Waals surface area (Å²) in [6, 6.07) is 6.40. The van der Waals surface area contributed by atoms with E-state index >= 15 is 0 Å². The highest BCUT2D eigenvalue weighted by Gasteiger charge is 2.31. The van der Waals surface area contributed by atoms with E-state index in [0.29, 0.717) is 0 Å². The fourth-order valence-electron chi connectivity index (χ4n) is 2.00. The van der Waals surface area contributed by atoms with E-state index < -0.39 is 16.7 Å². The Bertz CT molecular complexity index is 935. The van der Waals surface area contributed by atoms with Crippen molar-refractivity contribution in [3.05, 3.63) is 69.6 Å². The highest BCUT2D eigenvalue weighted by Crippen LogP contribution is 2.38. The van der Waals surface area contributed by atoms with Crippen molar-refractivity contribution in [3.8, 4) is 17.2 Å². The zero-order chi connectivity index (χ0) is 21.4. The third-order valence-corrected chi connectivity index (χ3v) is 3.49. The molecule has 0 spiro atoms. The lowest BCUT2D eigenvalue weighted by Gasteiger charge is -2.12. The number of benzene rings is 2. The number of hydrogen-bond donors (Lipinski definition) is 0. The second-order valence-electron chi connectivity index (χ2n) is 5.15. The molecule has 154 valence electrons. The summed E-state index contributed by atoms with van der Waals surface area (Å²) in [6.07, 6.45) is -1.64. The van der Waals surface area contributed by atoms with Gasteiger partial charge in [0.05, 0.1) is 28.3 Å². The van der Waals surface area contributed by atoms with Crippen LogP contribution >= 0.6 is 11.6 Å². The van der Waals surface area contributed by atoms with Gasteiger partial charge in [-0.2, -0.15) is 13.2 Å². The van der Waals surface area contributed by atoms with E-state index in [-0.39, 0.29) is 34.6 Å². The maximum Gasteiger partial charge on any atom is 0.416 e. The van der Waals surface area contributed by atoms with Crippen LogP contribution in [-0.4, -0.2) is 21.9 Å². The molecule has 29 heavy (non-hydrogen) atoms. The summed E-state index contributed by atoms with van der Waals surface area (Å²) in [5.41, 5.74) is -1.15. The summed E-state index contributed by atoms with van der Waals surface area (Å²) in [7, 11) is 0. The van der Waals surface area contributed by atoms with E-state index in [4.69, 9.17) is 21.1 Å². The monoisotopic (exact) mass is 431 g/mol. The molecule has 8 nitrogen and oxygen atoms in total. The smallest absolute Gasteiger partial charge is 0.416 e. The summed E-state index contributed by atoms with van der Waals surface area (Å²) in [4.78, 5) is 10.3. The minimum atomic E-state index is -4.52. The van der Waals surface area contributed by atoms with Gasteiger partial charge in [-0.25, -0.2) is 0 Å². The van der Waals surface area contributed by atoms with Crippen LogP contribution in [0, 0.1) is 10.1 Å². The predicted molar refractivity (Wildman–Crippen MR) is 95.1 cm³/mol. The Morgan fingerprint density at radius 2 is 1.97 bits per heavy atom. The Balaban J connectivity index is 0.000000521. The van der Waals surface area contributed by atoms with Crippen molar-refractivity contribution in [2.24, 2.45) is 0 Å². The molecule has 0 atom stereocenters. The van der Waals surface area contributed by atoms with Crippen LogP contribution in [-0.2, 0) is 6.18 Å². The Kier molecular flexibility index (Phi) is 7.37. The first-order chi connectivity index (χ1) is 13.7. The number of halogens is 4. The molecule has 0 fully saturated rings. The van der Waals surface area contributed by atoms with Crippen molar-refractivity contribution in [1.82, 2.24) is 10.4 Å². The molecule has 0 bridgehead atoms. The van der Waals surface area contributed by atoms with Gasteiger partial charge in [0.15, 0.2) is 0 Å². The summed E-state index contributed by atoms with van der Waals surface area (Å²) in [5, 5.41) is 17.1. The minimum Gasteiger partial charge on any atom is -0.487 e.